The summed E-state index contributed by atoms with van der Waals surface area (Å²) in [5.41, 5.74) is 0. The number of nitrogens with zero attached hydrogens (tertiary/aromatic N) is 2. The van der Waals surface area contributed by atoms with Crippen molar-refractivity contribution in [2.45, 2.75) is 12.9 Å². The minimum atomic E-state index is -0.542. The van der Waals surface area contributed by atoms with Gasteiger partial charge in [0.05, 0.1) is 6.54 Å². The summed E-state index contributed by atoms with van der Waals surface area (Å²) in [6, 6.07) is -0.504. The number of esters is 1. The average molecular weight is 197 g/mol. The Morgan fingerprint density at radius 3 is 3.00 bits per heavy atom. The normalized spacial score (nSPS) is 27.5. The van der Waals surface area contributed by atoms with Crippen molar-refractivity contribution >= 4 is 19.5 Å². The Balaban J connectivity index is 2.02. The number of fused-ring (bicyclic) bond motifs is 1. The van der Waals surface area contributed by atoms with E-state index >= 15 is 0 Å². The highest BCUT2D eigenvalue weighted by molar-refractivity contribution is 6.24. The quantitative estimate of drug-likeness (QED) is 0.331. The molecule has 1 radical (unpaired) electrons. The molecule has 7 heteroatoms. The van der Waals surface area contributed by atoms with Crippen LogP contribution in [0.15, 0.2) is 0 Å². The van der Waals surface area contributed by atoms with Crippen molar-refractivity contribution in [1.29, 1.82) is 0 Å². The van der Waals surface area contributed by atoms with Crippen LogP contribution in [0.5, 0.6) is 0 Å². The predicted octanol–water partition coefficient (Wildman–Crippen LogP) is -0.752. The molecule has 0 aromatic rings. The van der Waals surface area contributed by atoms with Crippen LogP contribution in [0.2, 0.25) is 6.82 Å². The van der Waals surface area contributed by atoms with Crippen LogP contribution >= 0.6 is 0 Å². The largest absolute Gasteiger partial charge is 0.418 e. The van der Waals surface area contributed by atoms with E-state index in [1.165, 1.54) is 12.4 Å². The average Bonchev–Trinajstić information content (AvgIpc) is 2.43. The lowest BCUT2D eigenvalue weighted by Crippen LogP contribution is -2.53. The topological polar surface area (TPSA) is 59.1 Å². The lowest BCUT2D eigenvalue weighted by atomic mass is 10.1. The van der Waals surface area contributed by atoms with E-state index in [2.05, 4.69) is 4.74 Å². The standard InChI is InChI=1S/C7H10BN2O4/c1-8-14-9-2-3-10-5(4-9)6(11)13-7(10)12/h5H,2-4H2,1H3/t5-/m1/s1. The zero-order chi connectivity index (χ0) is 10.1. The summed E-state index contributed by atoms with van der Waals surface area (Å²) < 4.78 is 9.63. The van der Waals surface area contributed by atoms with Crippen LogP contribution in [0.4, 0.5) is 4.79 Å². The van der Waals surface area contributed by atoms with E-state index < -0.39 is 18.1 Å². The second-order valence-corrected chi connectivity index (χ2v) is 3.13. The predicted molar refractivity (Wildman–Crippen MR) is 46.3 cm³/mol. The molecule has 0 bridgehead atoms. The highest BCUT2D eigenvalue weighted by Gasteiger charge is 2.44. The molecule has 0 spiro atoms. The Morgan fingerprint density at radius 1 is 1.50 bits per heavy atom. The number of ether oxygens (including phenoxy) is 1. The Hall–Kier alpha value is -1.08. The van der Waals surface area contributed by atoms with Crippen LogP contribution < -0.4 is 0 Å². The third-order valence-electron chi connectivity index (χ3n) is 2.29. The first-order valence-electron chi connectivity index (χ1n) is 4.44. The Bertz CT molecular complexity index is 272. The highest BCUT2D eigenvalue weighted by atomic mass is 16.6. The lowest BCUT2D eigenvalue weighted by Gasteiger charge is -2.33. The fourth-order valence-electron chi connectivity index (χ4n) is 1.64. The summed E-state index contributed by atoms with van der Waals surface area (Å²) in [4.78, 5) is 23.7. The van der Waals surface area contributed by atoms with E-state index in [4.69, 9.17) is 4.76 Å². The molecular weight excluding hydrogens is 187 g/mol. The molecule has 2 saturated heterocycles. The molecule has 14 heavy (non-hydrogen) atoms. The number of hydrogen-bond acceptors (Lipinski definition) is 5. The molecule has 2 aliphatic rings. The second-order valence-electron chi connectivity index (χ2n) is 3.13. The summed E-state index contributed by atoms with van der Waals surface area (Å²) >= 11 is 0. The number of piperazine rings is 1. The van der Waals surface area contributed by atoms with E-state index in [0.29, 0.717) is 19.6 Å². The van der Waals surface area contributed by atoms with E-state index in [-0.39, 0.29) is 0 Å². The zero-order valence-corrected chi connectivity index (χ0v) is 7.80. The maximum Gasteiger partial charge on any atom is 0.418 e. The Kier molecular flexibility index (Phi) is 2.43. The van der Waals surface area contributed by atoms with Gasteiger partial charge in [0.2, 0.25) is 0 Å². The van der Waals surface area contributed by atoms with Crippen LogP contribution in [-0.4, -0.2) is 55.2 Å². The number of hydroxylamine groups is 2. The van der Waals surface area contributed by atoms with Crippen LogP contribution in [-0.2, 0) is 14.3 Å². The minimum absolute atomic E-state index is 0.370. The first-order chi connectivity index (χ1) is 6.72. The van der Waals surface area contributed by atoms with Gasteiger partial charge in [-0.3, -0.25) is 4.90 Å². The van der Waals surface area contributed by atoms with Gasteiger partial charge in [-0.1, -0.05) is 6.82 Å². The molecule has 2 fully saturated rings. The molecule has 6 nitrogen and oxygen atoms in total. The third-order valence-corrected chi connectivity index (χ3v) is 2.29. The van der Waals surface area contributed by atoms with Crippen LogP contribution in [0, 0.1) is 0 Å². The van der Waals surface area contributed by atoms with Gasteiger partial charge in [-0.25, -0.2) is 14.7 Å². The van der Waals surface area contributed by atoms with E-state index in [9.17, 15) is 9.59 Å². The number of carbonyl (C=O) groups is 2. The Morgan fingerprint density at radius 2 is 2.29 bits per heavy atom. The van der Waals surface area contributed by atoms with Gasteiger partial charge >= 0.3 is 19.5 Å². The van der Waals surface area contributed by atoms with Crippen molar-refractivity contribution in [3.63, 3.8) is 0 Å². The SMILES string of the molecule is C[B]ON1CCN2C(=O)OC(=O)[C@H]2C1. The molecule has 0 unspecified atom stereocenters. The van der Waals surface area contributed by atoms with Crippen molar-refractivity contribution in [2.75, 3.05) is 19.6 Å². The number of cyclic esters (lactones) is 2. The van der Waals surface area contributed by atoms with Gasteiger partial charge < -0.3 is 9.49 Å². The fraction of sp³-hybridized carbons (Fsp3) is 0.714. The van der Waals surface area contributed by atoms with E-state index in [1.807, 2.05) is 0 Å². The fourth-order valence-corrected chi connectivity index (χ4v) is 1.64. The molecule has 75 valence electrons. The zero-order valence-electron chi connectivity index (χ0n) is 7.80. The summed E-state index contributed by atoms with van der Waals surface area (Å²) in [6.45, 7) is 3.17. The summed E-state index contributed by atoms with van der Waals surface area (Å²) in [5.74, 6) is -0.487. The molecule has 0 aromatic heterocycles. The van der Waals surface area contributed by atoms with Gasteiger partial charge in [0, 0.05) is 13.1 Å². The smallest absolute Gasteiger partial charge is 0.375 e. The van der Waals surface area contributed by atoms with E-state index in [0.717, 1.165) is 0 Å². The number of hydrogen-bond donors (Lipinski definition) is 0. The highest BCUT2D eigenvalue weighted by Crippen LogP contribution is 2.18. The number of amides is 1. The van der Waals surface area contributed by atoms with E-state index in [1.54, 1.807) is 11.9 Å². The molecule has 2 rings (SSSR count). The van der Waals surface area contributed by atoms with Gasteiger partial charge in [-0.05, 0) is 0 Å². The van der Waals surface area contributed by atoms with Crippen molar-refractivity contribution in [1.82, 2.24) is 9.96 Å². The first-order valence-corrected chi connectivity index (χ1v) is 4.44. The van der Waals surface area contributed by atoms with Crippen molar-refractivity contribution in [3.05, 3.63) is 0 Å². The lowest BCUT2D eigenvalue weighted by molar-refractivity contribution is -0.142. The molecule has 0 aromatic carbocycles. The van der Waals surface area contributed by atoms with Gasteiger partial charge in [0.15, 0.2) is 0 Å². The minimum Gasteiger partial charge on any atom is -0.375 e. The molecular formula is C7H10BN2O4. The summed E-state index contributed by atoms with van der Waals surface area (Å²) in [7, 11) is 1.54. The first kappa shape index (κ1) is 9.48. The van der Waals surface area contributed by atoms with Gasteiger partial charge in [-0.2, -0.15) is 0 Å². The maximum atomic E-state index is 11.2. The number of rotatable bonds is 2. The molecule has 1 amide bonds. The van der Waals surface area contributed by atoms with Gasteiger partial charge in [-0.15, -0.1) is 0 Å². The van der Waals surface area contributed by atoms with Crippen LogP contribution in [0.3, 0.4) is 0 Å². The Labute approximate surface area is 82.0 Å². The van der Waals surface area contributed by atoms with Gasteiger partial charge in [0.1, 0.15) is 6.04 Å². The van der Waals surface area contributed by atoms with Crippen molar-refractivity contribution in [2.24, 2.45) is 0 Å². The molecule has 2 aliphatic heterocycles. The summed E-state index contributed by atoms with van der Waals surface area (Å²) in [6.07, 6.45) is -0.542. The number of carbonyl (C=O) groups excluding carboxylic acids is 2. The molecule has 0 saturated carbocycles. The molecule has 2 heterocycles. The van der Waals surface area contributed by atoms with Crippen molar-refractivity contribution in [3.8, 4) is 0 Å². The van der Waals surface area contributed by atoms with Crippen LogP contribution in [0.1, 0.15) is 0 Å². The van der Waals surface area contributed by atoms with Crippen molar-refractivity contribution < 1.29 is 19.1 Å². The molecule has 0 aliphatic carbocycles. The third kappa shape index (κ3) is 1.48. The van der Waals surface area contributed by atoms with Gasteiger partial charge in [0.25, 0.3) is 0 Å². The second kappa shape index (κ2) is 3.59. The molecule has 0 N–H and O–H groups in total. The molecule has 1 atom stereocenters. The maximum absolute atomic E-state index is 11.2. The monoisotopic (exact) mass is 197 g/mol. The van der Waals surface area contributed by atoms with Crippen LogP contribution in [0.25, 0.3) is 0 Å². The summed E-state index contributed by atoms with van der Waals surface area (Å²) in [5, 5.41) is 1.64.